The summed E-state index contributed by atoms with van der Waals surface area (Å²) >= 11 is 0. The molecule has 0 radical (unpaired) electrons. The second-order valence-electron chi connectivity index (χ2n) is 7.17. The van der Waals surface area contributed by atoms with E-state index in [2.05, 4.69) is 0 Å². The Morgan fingerprint density at radius 3 is 2.55 bits per heavy atom. The van der Waals surface area contributed by atoms with Crippen LogP contribution in [-0.2, 0) is 14.4 Å². The molecule has 0 spiro atoms. The number of hydrogen-bond acceptors (Lipinski definition) is 3. The predicted octanol–water partition coefficient (Wildman–Crippen LogP) is 2.31. The van der Waals surface area contributed by atoms with Gasteiger partial charge in [-0.25, -0.2) is 8.78 Å². The maximum absolute atomic E-state index is 14.3. The van der Waals surface area contributed by atoms with Crippen molar-refractivity contribution in [2.75, 3.05) is 18.5 Å². The maximum atomic E-state index is 14.3. The van der Waals surface area contributed by atoms with Crippen LogP contribution in [0.1, 0.15) is 23.6 Å². The third-order valence-electron chi connectivity index (χ3n) is 5.04. The number of primary amides is 1. The minimum atomic E-state index is -1.18. The number of likely N-dealkylation sites (N-methyl/N-ethyl adjacent to an activating group) is 1. The Morgan fingerprint density at radius 2 is 1.93 bits per heavy atom. The van der Waals surface area contributed by atoms with Crippen molar-refractivity contribution in [1.82, 2.24) is 4.90 Å². The van der Waals surface area contributed by atoms with Gasteiger partial charge >= 0.3 is 0 Å². The van der Waals surface area contributed by atoms with Crippen LogP contribution in [0, 0.1) is 24.5 Å². The fourth-order valence-corrected chi connectivity index (χ4v) is 3.61. The number of aryl methyl sites for hydroxylation is 1. The molecule has 0 saturated carbocycles. The normalized spacial score (nSPS) is 17.3. The van der Waals surface area contributed by atoms with Crippen LogP contribution >= 0.6 is 0 Å². The van der Waals surface area contributed by atoms with Crippen molar-refractivity contribution >= 4 is 23.4 Å². The van der Waals surface area contributed by atoms with Gasteiger partial charge in [0.25, 0.3) is 0 Å². The van der Waals surface area contributed by atoms with E-state index < -0.39 is 35.4 Å². The molecule has 6 nitrogen and oxygen atoms in total. The Kier molecular flexibility index (Phi) is 5.63. The minimum Gasteiger partial charge on any atom is -0.368 e. The molecule has 8 heteroatoms. The summed E-state index contributed by atoms with van der Waals surface area (Å²) in [5.74, 6) is -3.59. The van der Waals surface area contributed by atoms with Gasteiger partial charge < -0.3 is 15.5 Å². The Bertz CT molecular complexity index is 979. The van der Waals surface area contributed by atoms with Gasteiger partial charge in [-0.3, -0.25) is 14.4 Å². The Morgan fingerprint density at radius 1 is 1.21 bits per heavy atom. The molecule has 1 heterocycles. The fraction of sp³-hybridized carbons (Fsp3) is 0.286. The highest BCUT2D eigenvalue weighted by Crippen LogP contribution is 2.30. The summed E-state index contributed by atoms with van der Waals surface area (Å²) in [6.07, 6.45) is -0.120. The molecule has 1 saturated heterocycles. The minimum absolute atomic E-state index is 0.0172. The van der Waals surface area contributed by atoms with E-state index in [1.54, 1.807) is 13.0 Å². The molecule has 152 valence electrons. The number of carbonyl (C=O) groups excluding carboxylic acids is 3. The summed E-state index contributed by atoms with van der Waals surface area (Å²) < 4.78 is 27.8. The number of nitrogens with zero attached hydrogens (tertiary/aromatic N) is 2. The van der Waals surface area contributed by atoms with E-state index >= 15 is 0 Å². The molecule has 1 fully saturated rings. The number of halogens is 2. The highest BCUT2D eigenvalue weighted by Gasteiger charge is 2.40. The van der Waals surface area contributed by atoms with Crippen molar-refractivity contribution in [3.8, 4) is 0 Å². The van der Waals surface area contributed by atoms with Crippen LogP contribution in [-0.4, -0.2) is 36.2 Å². The van der Waals surface area contributed by atoms with Crippen molar-refractivity contribution in [3.05, 3.63) is 65.2 Å². The molecule has 2 atom stereocenters. The molecule has 2 aromatic rings. The maximum Gasteiger partial charge on any atom is 0.244 e. The van der Waals surface area contributed by atoms with Crippen LogP contribution in [0.2, 0.25) is 0 Å². The summed E-state index contributed by atoms with van der Waals surface area (Å²) in [5, 5.41) is 0. The van der Waals surface area contributed by atoms with Crippen LogP contribution in [0.5, 0.6) is 0 Å². The van der Waals surface area contributed by atoms with E-state index in [9.17, 15) is 23.2 Å². The lowest BCUT2D eigenvalue weighted by Gasteiger charge is -2.28. The zero-order valence-corrected chi connectivity index (χ0v) is 16.1. The largest absolute Gasteiger partial charge is 0.368 e. The molecule has 2 N–H and O–H groups in total. The molecule has 0 aromatic heterocycles. The standard InChI is InChI=1S/C21H21F2N3O3/c1-12-6-7-17(16(23)8-12)26-11-14(10-18(26)27)21(29)25(2)19(20(24)28)13-4-3-5-15(22)9-13/h3-9,14,19H,10-11H2,1-2H3,(H2,24,28). The Labute approximate surface area is 166 Å². The summed E-state index contributed by atoms with van der Waals surface area (Å²) in [6.45, 7) is 1.72. The molecule has 29 heavy (non-hydrogen) atoms. The zero-order chi connectivity index (χ0) is 21.3. The van der Waals surface area contributed by atoms with E-state index in [1.165, 1.54) is 42.3 Å². The van der Waals surface area contributed by atoms with Gasteiger partial charge in [-0.05, 0) is 42.3 Å². The molecule has 0 bridgehead atoms. The zero-order valence-electron chi connectivity index (χ0n) is 16.1. The summed E-state index contributed by atoms with van der Waals surface area (Å²) in [7, 11) is 1.38. The third-order valence-corrected chi connectivity index (χ3v) is 5.04. The van der Waals surface area contributed by atoms with Crippen molar-refractivity contribution in [3.63, 3.8) is 0 Å². The van der Waals surface area contributed by atoms with Crippen molar-refractivity contribution < 1.29 is 23.2 Å². The molecule has 2 unspecified atom stereocenters. The van der Waals surface area contributed by atoms with Gasteiger partial charge in [-0.15, -0.1) is 0 Å². The Balaban J connectivity index is 1.82. The monoisotopic (exact) mass is 401 g/mol. The lowest BCUT2D eigenvalue weighted by atomic mass is 10.0. The van der Waals surface area contributed by atoms with Gasteiger partial charge in [0.2, 0.25) is 17.7 Å². The second-order valence-corrected chi connectivity index (χ2v) is 7.17. The summed E-state index contributed by atoms with van der Waals surface area (Å²) in [5.41, 5.74) is 6.51. The van der Waals surface area contributed by atoms with Crippen LogP contribution in [0.3, 0.4) is 0 Å². The van der Waals surface area contributed by atoms with E-state index in [-0.39, 0.29) is 30.1 Å². The van der Waals surface area contributed by atoms with Gasteiger partial charge in [-0.2, -0.15) is 0 Å². The van der Waals surface area contributed by atoms with Crippen molar-refractivity contribution in [2.24, 2.45) is 11.7 Å². The first-order valence-corrected chi connectivity index (χ1v) is 9.07. The van der Waals surface area contributed by atoms with E-state index in [1.807, 2.05) is 0 Å². The average molecular weight is 401 g/mol. The molecule has 3 rings (SSSR count). The quantitative estimate of drug-likeness (QED) is 0.835. The Hall–Kier alpha value is -3.29. The lowest BCUT2D eigenvalue weighted by molar-refractivity contribution is -0.141. The molecule has 3 amide bonds. The second kappa shape index (κ2) is 7.98. The first-order chi connectivity index (χ1) is 13.7. The number of amides is 3. The van der Waals surface area contributed by atoms with Crippen LogP contribution in [0.25, 0.3) is 0 Å². The predicted molar refractivity (Wildman–Crippen MR) is 103 cm³/mol. The van der Waals surface area contributed by atoms with Crippen LogP contribution in [0.15, 0.2) is 42.5 Å². The highest BCUT2D eigenvalue weighted by atomic mass is 19.1. The molecule has 1 aliphatic rings. The molecule has 1 aliphatic heterocycles. The van der Waals surface area contributed by atoms with Crippen LogP contribution < -0.4 is 10.6 Å². The lowest BCUT2D eigenvalue weighted by Crippen LogP contribution is -2.42. The number of anilines is 1. The number of benzene rings is 2. The fourth-order valence-electron chi connectivity index (χ4n) is 3.61. The summed E-state index contributed by atoms with van der Waals surface area (Å²) in [4.78, 5) is 39.7. The topological polar surface area (TPSA) is 83.7 Å². The van der Waals surface area contributed by atoms with Gasteiger partial charge in [0, 0.05) is 20.0 Å². The van der Waals surface area contributed by atoms with Gasteiger partial charge in [-0.1, -0.05) is 18.2 Å². The van der Waals surface area contributed by atoms with E-state index in [0.717, 1.165) is 11.0 Å². The first kappa shape index (κ1) is 20.4. The summed E-state index contributed by atoms with van der Waals surface area (Å²) in [6, 6.07) is 8.57. The number of carbonyl (C=O) groups is 3. The van der Waals surface area contributed by atoms with Gasteiger partial charge in [0.1, 0.15) is 17.7 Å². The highest BCUT2D eigenvalue weighted by molar-refractivity contribution is 6.01. The number of nitrogens with two attached hydrogens (primary N) is 1. The number of rotatable bonds is 5. The third kappa shape index (κ3) is 4.11. The first-order valence-electron chi connectivity index (χ1n) is 9.07. The van der Waals surface area contributed by atoms with Crippen LogP contribution in [0.4, 0.5) is 14.5 Å². The molecular weight excluding hydrogens is 380 g/mol. The molecular formula is C21H21F2N3O3. The average Bonchev–Trinajstić information content (AvgIpc) is 3.02. The van der Waals surface area contributed by atoms with E-state index in [0.29, 0.717) is 5.56 Å². The van der Waals surface area contributed by atoms with Crippen molar-refractivity contribution in [2.45, 2.75) is 19.4 Å². The molecule has 0 aliphatic carbocycles. The number of hydrogen-bond donors (Lipinski definition) is 1. The van der Waals surface area contributed by atoms with Crippen molar-refractivity contribution in [1.29, 1.82) is 0 Å². The SMILES string of the molecule is Cc1ccc(N2CC(C(=O)N(C)C(C(N)=O)c3cccc(F)c3)CC2=O)c(F)c1. The van der Waals surface area contributed by atoms with Gasteiger partial charge in [0.15, 0.2) is 0 Å². The molecule has 2 aromatic carbocycles. The van der Waals surface area contributed by atoms with E-state index in [4.69, 9.17) is 5.73 Å². The van der Waals surface area contributed by atoms with Gasteiger partial charge in [0.05, 0.1) is 11.6 Å². The smallest absolute Gasteiger partial charge is 0.244 e.